The molecule has 1 aromatic rings. The molecule has 0 aromatic heterocycles. The zero-order chi connectivity index (χ0) is 13.8. The van der Waals surface area contributed by atoms with Gasteiger partial charge in [0.2, 0.25) is 0 Å². The van der Waals surface area contributed by atoms with Gasteiger partial charge >= 0.3 is 5.97 Å². The monoisotopic (exact) mass is 262 g/mol. The Hall–Kier alpha value is -1.55. The summed E-state index contributed by atoms with van der Waals surface area (Å²) >= 11 is 0. The number of piperazine rings is 1. The summed E-state index contributed by atoms with van der Waals surface area (Å²) in [4.78, 5) is 13.2. The summed E-state index contributed by atoms with van der Waals surface area (Å²) in [7, 11) is 0. The van der Waals surface area contributed by atoms with Gasteiger partial charge in [-0.1, -0.05) is 25.1 Å². The van der Waals surface area contributed by atoms with Gasteiger partial charge in [0.05, 0.1) is 6.42 Å². The molecule has 1 aliphatic heterocycles. The van der Waals surface area contributed by atoms with Crippen LogP contribution in [0.25, 0.3) is 0 Å². The van der Waals surface area contributed by atoms with Gasteiger partial charge in [-0.05, 0) is 25.0 Å². The summed E-state index contributed by atoms with van der Waals surface area (Å²) in [6.07, 6.45) is 1.17. The Morgan fingerprint density at radius 1 is 1.42 bits per heavy atom. The van der Waals surface area contributed by atoms with Gasteiger partial charge in [0, 0.05) is 30.9 Å². The first-order valence-corrected chi connectivity index (χ1v) is 6.90. The van der Waals surface area contributed by atoms with Crippen molar-refractivity contribution in [3.05, 3.63) is 29.8 Å². The second-order valence-electron chi connectivity index (χ2n) is 5.25. The van der Waals surface area contributed by atoms with Gasteiger partial charge in [-0.15, -0.1) is 0 Å². The highest BCUT2D eigenvalue weighted by atomic mass is 16.4. The number of aryl methyl sites for hydroxylation is 1. The Balaban J connectivity index is 2.16. The van der Waals surface area contributed by atoms with E-state index >= 15 is 0 Å². The Labute approximate surface area is 114 Å². The van der Waals surface area contributed by atoms with E-state index in [4.69, 9.17) is 5.11 Å². The zero-order valence-electron chi connectivity index (χ0n) is 11.6. The number of hydrogen-bond donors (Lipinski definition) is 2. The van der Waals surface area contributed by atoms with Gasteiger partial charge < -0.3 is 15.3 Å². The van der Waals surface area contributed by atoms with Crippen LogP contribution in [0.4, 0.5) is 5.69 Å². The normalized spacial score (nSPS) is 23.4. The standard InChI is InChI=1S/C15H22N2O2/c1-3-12-6-4-5-7-14(12)17-9-11(2)16-13(10-17)8-15(18)19/h4-7,11,13,16H,3,8-10H2,1-2H3,(H,18,19). The molecule has 4 nitrogen and oxygen atoms in total. The molecule has 2 unspecified atom stereocenters. The molecule has 4 heteroatoms. The maximum atomic E-state index is 10.9. The predicted molar refractivity (Wildman–Crippen MR) is 76.7 cm³/mol. The van der Waals surface area contributed by atoms with Crippen LogP contribution in [0.5, 0.6) is 0 Å². The van der Waals surface area contributed by atoms with E-state index in [1.54, 1.807) is 0 Å². The molecule has 0 amide bonds. The summed E-state index contributed by atoms with van der Waals surface area (Å²) in [6, 6.07) is 8.72. The number of nitrogens with one attached hydrogen (secondary N) is 1. The van der Waals surface area contributed by atoms with E-state index in [0.29, 0.717) is 6.04 Å². The highest BCUT2D eigenvalue weighted by molar-refractivity contribution is 5.68. The molecule has 2 N–H and O–H groups in total. The number of nitrogens with zero attached hydrogens (tertiary/aromatic N) is 1. The van der Waals surface area contributed by atoms with Crippen LogP contribution in [0, 0.1) is 0 Å². The van der Waals surface area contributed by atoms with E-state index in [9.17, 15) is 4.79 Å². The zero-order valence-corrected chi connectivity index (χ0v) is 11.6. The molecule has 0 saturated carbocycles. The number of rotatable bonds is 4. The lowest BCUT2D eigenvalue weighted by atomic mass is 10.0. The lowest BCUT2D eigenvalue weighted by molar-refractivity contribution is -0.137. The highest BCUT2D eigenvalue weighted by Crippen LogP contribution is 2.23. The third kappa shape index (κ3) is 3.47. The van der Waals surface area contributed by atoms with Gasteiger partial charge in [-0.3, -0.25) is 4.79 Å². The van der Waals surface area contributed by atoms with Gasteiger partial charge in [0.15, 0.2) is 0 Å². The average molecular weight is 262 g/mol. The maximum Gasteiger partial charge on any atom is 0.304 e. The number of para-hydroxylation sites is 1. The first-order valence-electron chi connectivity index (χ1n) is 6.90. The van der Waals surface area contributed by atoms with E-state index in [1.165, 1.54) is 11.3 Å². The smallest absolute Gasteiger partial charge is 0.304 e. The third-order valence-electron chi connectivity index (χ3n) is 3.59. The minimum Gasteiger partial charge on any atom is -0.481 e. The number of carbonyl (C=O) groups is 1. The number of carboxylic acids is 1. The van der Waals surface area contributed by atoms with Crippen molar-refractivity contribution in [3.8, 4) is 0 Å². The quantitative estimate of drug-likeness (QED) is 0.870. The van der Waals surface area contributed by atoms with Gasteiger partial charge in [-0.25, -0.2) is 0 Å². The second-order valence-corrected chi connectivity index (χ2v) is 5.25. The Kier molecular flexibility index (Phi) is 4.43. The molecule has 0 spiro atoms. The van der Waals surface area contributed by atoms with Crippen molar-refractivity contribution in [1.82, 2.24) is 5.32 Å². The lowest BCUT2D eigenvalue weighted by Gasteiger charge is -2.39. The number of carboxylic acid groups (broad SMARTS) is 1. The van der Waals surface area contributed by atoms with E-state index in [0.717, 1.165) is 19.5 Å². The fourth-order valence-corrected chi connectivity index (χ4v) is 2.83. The summed E-state index contributed by atoms with van der Waals surface area (Å²) in [6.45, 7) is 5.94. The molecular formula is C15H22N2O2. The van der Waals surface area contributed by atoms with Crippen molar-refractivity contribution in [2.75, 3.05) is 18.0 Å². The van der Waals surface area contributed by atoms with Crippen LogP contribution in [0.15, 0.2) is 24.3 Å². The molecule has 19 heavy (non-hydrogen) atoms. The molecule has 1 heterocycles. The molecule has 1 fully saturated rings. The van der Waals surface area contributed by atoms with Crippen LogP contribution in [-0.2, 0) is 11.2 Å². The van der Waals surface area contributed by atoms with E-state index in [2.05, 4.69) is 42.3 Å². The predicted octanol–water partition coefficient (Wildman–Crippen LogP) is 1.89. The lowest BCUT2D eigenvalue weighted by Crippen LogP contribution is -2.56. The first kappa shape index (κ1) is 13.9. The van der Waals surface area contributed by atoms with Crippen molar-refractivity contribution < 1.29 is 9.90 Å². The van der Waals surface area contributed by atoms with Crippen LogP contribution < -0.4 is 10.2 Å². The van der Waals surface area contributed by atoms with Crippen molar-refractivity contribution in [3.63, 3.8) is 0 Å². The van der Waals surface area contributed by atoms with Crippen LogP contribution in [0.2, 0.25) is 0 Å². The van der Waals surface area contributed by atoms with Crippen molar-refractivity contribution in [2.45, 2.75) is 38.8 Å². The summed E-state index contributed by atoms with van der Waals surface area (Å²) in [5.41, 5.74) is 2.57. The maximum absolute atomic E-state index is 10.9. The van der Waals surface area contributed by atoms with Crippen LogP contribution in [-0.4, -0.2) is 36.2 Å². The summed E-state index contributed by atoms with van der Waals surface area (Å²) in [5.74, 6) is -0.740. The molecule has 0 radical (unpaired) electrons. The van der Waals surface area contributed by atoms with Crippen LogP contribution in [0.3, 0.4) is 0 Å². The number of benzene rings is 1. The molecule has 1 aliphatic rings. The summed E-state index contributed by atoms with van der Waals surface area (Å²) < 4.78 is 0. The fourth-order valence-electron chi connectivity index (χ4n) is 2.83. The fraction of sp³-hybridized carbons (Fsp3) is 0.533. The Morgan fingerprint density at radius 3 is 2.84 bits per heavy atom. The topological polar surface area (TPSA) is 52.6 Å². The number of aliphatic carboxylic acids is 1. The third-order valence-corrected chi connectivity index (χ3v) is 3.59. The van der Waals surface area contributed by atoms with E-state index in [1.807, 2.05) is 6.07 Å². The van der Waals surface area contributed by atoms with E-state index in [-0.39, 0.29) is 12.5 Å². The SMILES string of the molecule is CCc1ccccc1N1CC(C)NC(CC(=O)O)C1. The Morgan fingerprint density at radius 2 is 2.16 bits per heavy atom. The van der Waals surface area contributed by atoms with E-state index < -0.39 is 5.97 Å². The Bertz CT molecular complexity index is 448. The van der Waals surface area contributed by atoms with Crippen molar-refractivity contribution >= 4 is 11.7 Å². The van der Waals surface area contributed by atoms with Gasteiger partial charge in [0.1, 0.15) is 0 Å². The van der Waals surface area contributed by atoms with Crippen molar-refractivity contribution in [2.24, 2.45) is 0 Å². The molecule has 2 rings (SSSR count). The van der Waals surface area contributed by atoms with Gasteiger partial charge in [-0.2, -0.15) is 0 Å². The largest absolute Gasteiger partial charge is 0.481 e. The minimum atomic E-state index is -0.740. The van der Waals surface area contributed by atoms with Crippen LogP contribution in [0.1, 0.15) is 25.8 Å². The number of anilines is 1. The molecule has 0 aliphatic carbocycles. The van der Waals surface area contributed by atoms with Crippen LogP contribution >= 0.6 is 0 Å². The molecule has 2 atom stereocenters. The van der Waals surface area contributed by atoms with Crippen molar-refractivity contribution in [1.29, 1.82) is 0 Å². The minimum absolute atomic E-state index is 0.0196. The molecule has 1 aromatic carbocycles. The molecule has 104 valence electrons. The number of hydrogen-bond acceptors (Lipinski definition) is 3. The summed E-state index contributed by atoms with van der Waals surface area (Å²) in [5, 5.41) is 12.3. The molecule has 1 saturated heterocycles. The second kappa shape index (κ2) is 6.06. The first-order chi connectivity index (χ1) is 9.10. The molecular weight excluding hydrogens is 240 g/mol. The molecule has 0 bridgehead atoms. The highest BCUT2D eigenvalue weighted by Gasteiger charge is 2.26. The van der Waals surface area contributed by atoms with Gasteiger partial charge in [0.25, 0.3) is 0 Å². The average Bonchev–Trinajstić information content (AvgIpc) is 2.37.